The summed E-state index contributed by atoms with van der Waals surface area (Å²) >= 11 is 0. The Labute approximate surface area is 157 Å². The van der Waals surface area contributed by atoms with Gasteiger partial charge in [0.2, 0.25) is 5.91 Å². The Bertz CT molecular complexity index is 537. The molecule has 0 heterocycles. The summed E-state index contributed by atoms with van der Waals surface area (Å²) in [6, 6.07) is -1.67. The molecule has 0 rings (SSSR count). The highest BCUT2D eigenvalue weighted by molar-refractivity contribution is 5.90. The third-order valence-electron chi connectivity index (χ3n) is 3.75. The van der Waals surface area contributed by atoms with E-state index < -0.39 is 29.7 Å². The van der Waals surface area contributed by atoms with Crippen LogP contribution in [0.15, 0.2) is 12.2 Å². The van der Waals surface area contributed by atoms with E-state index in [1.54, 1.807) is 27.7 Å². The van der Waals surface area contributed by atoms with Crippen LogP contribution in [0.5, 0.6) is 0 Å². The number of hydrogen-bond donors (Lipinski definition) is 0. The van der Waals surface area contributed by atoms with Crippen LogP contribution in [0.25, 0.3) is 0 Å². The Morgan fingerprint density at radius 3 is 1.92 bits per heavy atom. The molecule has 0 N–H and O–H groups in total. The summed E-state index contributed by atoms with van der Waals surface area (Å²) in [7, 11) is 4.30. The lowest BCUT2D eigenvalue weighted by Crippen LogP contribution is -2.54. The van der Waals surface area contributed by atoms with Gasteiger partial charge in [0.05, 0.1) is 7.11 Å². The maximum Gasteiger partial charge on any atom is 0.410 e. The van der Waals surface area contributed by atoms with E-state index in [-0.39, 0.29) is 11.8 Å². The van der Waals surface area contributed by atoms with E-state index in [0.29, 0.717) is 12.0 Å². The van der Waals surface area contributed by atoms with Crippen LogP contribution in [0.1, 0.15) is 48.0 Å². The highest BCUT2D eigenvalue weighted by Crippen LogP contribution is 2.19. The molecule has 0 bridgehead atoms. The molecular weight excluding hydrogens is 336 g/mol. The van der Waals surface area contributed by atoms with Gasteiger partial charge in [-0.15, -0.1) is 0 Å². The summed E-state index contributed by atoms with van der Waals surface area (Å²) in [5.74, 6) is -0.786. The van der Waals surface area contributed by atoms with Gasteiger partial charge < -0.3 is 14.4 Å². The molecule has 7 nitrogen and oxygen atoms in total. The molecule has 0 aliphatic carbocycles. The molecule has 0 saturated carbocycles. The molecule has 0 aliphatic rings. The number of carbonyl (C=O) groups excluding carboxylic acids is 3. The molecular formula is C19H34N2O5. The van der Waals surface area contributed by atoms with Gasteiger partial charge in [-0.05, 0) is 45.6 Å². The number of carbonyl (C=O) groups is 3. The van der Waals surface area contributed by atoms with Crippen molar-refractivity contribution in [2.75, 3.05) is 21.2 Å². The predicted molar refractivity (Wildman–Crippen MR) is 101 cm³/mol. The third-order valence-corrected chi connectivity index (χ3v) is 3.75. The Balaban J connectivity index is 5.63. The average Bonchev–Trinajstić information content (AvgIpc) is 2.48. The molecule has 2 atom stereocenters. The standard InChI is InChI=1S/C19H34N2O5/c1-12(2)11-14(20(8)18(24)26-19(5,6)7)16(22)21(9)15(13(3)4)17(23)25-10/h12,14-15H,3,11H2,1-2,4-10H3. The number of ether oxygens (including phenoxy) is 2. The van der Waals surface area contributed by atoms with Crippen LogP contribution in [0.4, 0.5) is 4.79 Å². The van der Waals surface area contributed by atoms with Crippen molar-refractivity contribution in [2.45, 2.75) is 65.6 Å². The molecule has 0 aromatic rings. The van der Waals surface area contributed by atoms with Crippen molar-refractivity contribution in [1.29, 1.82) is 0 Å². The van der Waals surface area contributed by atoms with E-state index in [9.17, 15) is 14.4 Å². The average molecular weight is 370 g/mol. The minimum absolute atomic E-state index is 0.156. The minimum atomic E-state index is -0.908. The first-order valence-corrected chi connectivity index (χ1v) is 8.68. The molecule has 2 unspecified atom stereocenters. The van der Waals surface area contributed by atoms with E-state index in [1.807, 2.05) is 13.8 Å². The lowest BCUT2D eigenvalue weighted by atomic mass is 10.00. The summed E-state index contributed by atoms with van der Waals surface area (Å²) < 4.78 is 10.2. The zero-order valence-electron chi connectivity index (χ0n) is 17.6. The second-order valence-corrected chi connectivity index (χ2v) is 7.96. The molecule has 0 saturated heterocycles. The van der Waals surface area contributed by atoms with Gasteiger partial charge in [-0.1, -0.05) is 20.4 Å². The van der Waals surface area contributed by atoms with E-state index >= 15 is 0 Å². The highest BCUT2D eigenvalue weighted by Gasteiger charge is 2.37. The molecule has 0 radical (unpaired) electrons. The Hall–Kier alpha value is -2.05. The Morgan fingerprint density at radius 2 is 1.58 bits per heavy atom. The third kappa shape index (κ3) is 7.06. The van der Waals surface area contributed by atoms with Crippen molar-refractivity contribution in [2.24, 2.45) is 5.92 Å². The van der Waals surface area contributed by atoms with Crippen LogP contribution in [0.2, 0.25) is 0 Å². The van der Waals surface area contributed by atoms with Crippen molar-refractivity contribution in [3.63, 3.8) is 0 Å². The SMILES string of the molecule is C=C(C)C(C(=O)OC)N(C)C(=O)C(CC(C)C)N(C)C(=O)OC(C)(C)C. The zero-order valence-corrected chi connectivity index (χ0v) is 17.6. The second-order valence-electron chi connectivity index (χ2n) is 7.96. The van der Waals surface area contributed by atoms with Crippen LogP contribution >= 0.6 is 0 Å². The molecule has 0 aromatic heterocycles. The molecule has 2 amide bonds. The van der Waals surface area contributed by atoms with Crippen molar-refractivity contribution < 1.29 is 23.9 Å². The molecule has 0 fully saturated rings. The first kappa shape index (κ1) is 23.9. The Kier molecular flexibility index (Phi) is 8.84. The minimum Gasteiger partial charge on any atom is -0.467 e. The zero-order chi connectivity index (χ0) is 20.8. The van der Waals surface area contributed by atoms with Gasteiger partial charge >= 0.3 is 12.1 Å². The van der Waals surface area contributed by atoms with Gasteiger partial charge in [-0.25, -0.2) is 9.59 Å². The summed E-state index contributed by atoms with van der Waals surface area (Å²) in [4.78, 5) is 40.1. The lowest BCUT2D eigenvalue weighted by molar-refractivity contribution is -0.151. The molecule has 7 heteroatoms. The summed E-state index contributed by atoms with van der Waals surface area (Å²) in [5, 5.41) is 0. The van der Waals surface area contributed by atoms with Crippen LogP contribution in [-0.4, -0.2) is 66.7 Å². The summed E-state index contributed by atoms with van der Waals surface area (Å²) in [6.07, 6.45) is -0.155. The Morgan fingerprint density at radius 1 is 1.08 bits per heavy atom. The molecule has 150 valence electrons. The number of amides is 2. The topological polar surface area (TPSA) is 76.2 Å². The largest absolute Gasteiger partial charge is 0.467 e. The van der Waals surface area contributed by atoms with E-state index in [0.717, 1.165) is 0 Å². The van der Waals surface area contributed by atoms with Crippen molar-refractivity contribution in [3.05, 3.63) is 12.2 Å². The maximum atomic E-state index is 13.1. The first-order chi connectivity index (χ1) is 11.7. The number of nitrogens with zero attached hydrogens (tertiary/aromatic N) is 2. The second kappa shape index (κ2) is 9.59. The molecule has 26 heavy (non-hydrogen) atoms. The summed E-state index contributed by atoms with van der Waals surface area (Å²) in [5.41, 5.74) is -0.189. The van der Waals surface area contributed by atoms with E-state index in [2.05, 4.69) is 6.58 Å². The van der Waals surface area contributed by atoms with Gasteiger partial charge in [0.1, 0.15) is 11.6 Å². The number of likely N-dealkylation sites (N-methyl/N-ethyl adjacent to an activating group) is 2. The van der Waals surface area contributed by atoms with Gasteiger partial charge in [0.15, 0.2) is 6.04 Å². The normalized spacial score (nSPS) is 13.6. The number of rotatable bonds is 7. The number of hydrogen-bond acceptors (Lipinski definition) is 5. The smallest absolute Gasteiger partial charge is 0.410 e. The quantitative estimate of drug-likeness (QED) is 0.509. The first-order valence-electron chi connectivity index (χ1n) is 8.68. The number of esters is 1. The van der Waals surface area contributed by atoms with E-state index in [4.69, 9.17) is 9.47 Å². The fourth-order valence-corrected chi connectivity index (χ4v) is 2.50. The maximum absolute atomic E-state index is 13.1. The van der Waals surface area contributed by atoms with Crippen molar-refractivity contribution in [3.8, 4) is 0 Å². The fraction of sp³-hybridized carbons (Fsp3) is 0.737. The molecule has 0 aromatic carbocycles. The van der Waals surface area contributed by atoms with Crippen molar-refractivity contribution >= 4 is 18.0 Å². The number of methoxy groups -OCH3 is 1. The van der Waals surface area contributed by atoms with E-state index in [1.165, 1.54) is 31.0 Å². The molecule has 0 spiro atoms. The van der Waals surface area contributed by atoms with Gasteiger partial charge in [-0.3, -0.25) is 9.69 Å². The van der Waals surface area contributed by atoms with Gasteiger partial charge in [-0.2, -0.15) is 0 Å². The van der Waals surface area contributed by atoms with Crippen LogP contribution < -0.4 is 0 Å². The highest BCUT2D eigenvalue weighted by atomic mass is 16.6. The van der Waals surface area contributed by atoms with Crippen LogP contribution in [0, 0.1) is 5.92 Å². The van der Waals surface area contributed by atoms with Gasteiger partial charge in [0, 0.05) is 14.1 Å². The van der Waals surface area contributed by atoms with Crippen LogP contribution in [0.3, 0.4) is 0 Å². The van der Waals surface area contributed by atoms with Gasteiger partial charge in [0.25, 0.3) is 0 Å². The fourth-order valence-electron chi connectivity index (χ4n) is 2.50. The monoisotopic (exact) mass is 370 g/mol. The molecule has 0 aliphatic heterocycles. The lowest BCUT2D eigenvalue weighted by Gasteiger charge is -2.35. The van der Waals surface area contributed by atoms with Crippen LogP contribution in [-0.2, 0) is 19.1 Å². The predicted octanol–water partition coefficient (Wildman–Crippen LogP) is 2.84. The summed E-state index contributed by atoms with van der Waals surface area (Å²) in [6.45, 7) is 14.6. The van der Waals surface area contributed by atoms with Crippen molar-refractivity contribution in [1.82, 2.24) is 9.80 Å².